The molecule has 7 heteroatoms. The van der Waals surface area contributed by atoms with Gasteiger partial charge in [-0.05, 0) is 42.0 Å². The molecular weight excluding hydrogens is 352 g/mol. The van der Waals surface area contributed by atoms with E-state index in [4.69, 9.17) is 4.74 Å². The zero-order valence-electron chi connectivity index (χ0n) is 14.2. The number of aromatic nitrogens is 1. The molecule has 0 spiro atoms. The second-order valence-electron chi connectivity index (χ2n) is 5.29. The van der Waals surface area contributed by atoms with Gasteiger partial charge < -0.3 is 9.47 Å². The molecule has 1 heterocycles. The summed E-state index contributed by atoms with van der Waals surface area (Å²) in [7, 11) is 2.94. The van der Waals surface area contributed by atoms with Crippen LogP contribution in [0.15, 0.2) is 48.5 Å². The molecule has 0 fully saturated rings. The Morgan fingerprint density at radius 3 is 2.58 bits per heavy atom. The molecule has 26 heavy (non-hydrogen) atoms. The second kappa shape index (κ2) is 7.79. The Labute approximate surface area is 154 Å². The van der Waals surface area contributed by atoms with Crippen molar-refractivity contribution in [3.63, 3.8) is 0 Å². The summed E-state index contributed by atoms with van der Waals surface area (Å²) in [6, 6.07) is 12.3. The summed E-state index contributed by atoms with van der Waals surface area (Å²) in [5.74, 6) is 0.0631. The molecule has 1 aromatic heterocycles. The molecule has 2 aromatic carbocycles. The molecule has 0 saturated heterocycles. The van der Waals surface area contributed by atoms with E-state index in [0.717, 1.165) is 21.5 Å². The molecule has 0 bridgehead atoms. The fourth-order valence-electron chi connectivity index (χ4n) is 2.25. The maximum Gasteiger partial charge on any atom is 0.337 e. The van der Waals surface area contributed by atoms with Crippen molar-refractivity contribution in [2.24, 2.45) is 0 Å². The highest BCUT2D eigenvalue weighted by Gasteiger charge is 2.07. The molecular formula is C19H16N2O4S. The number of rotatable bonds is 5. The Kier molecular flexibility index (Phi) is 5.28. The molecule has 0 aliphatic rings. The van der Waals surface area contributed by atoms with Gasteiger partial charge in [0, 0.05) is 6.08 Å². The maximum atomic E-state index is 12.1. The zero-order valence-corrected chi connectivity index (χ0v) is 15.0. The van der Waals surface area contributed by atoms with Crippen LogP contribution in [0, 0.1) is 0 Å². The number of carbonyl (C=O) groups is 2. The smallest absolute Gasteiger partial charge is 0.337 e. The minimum atomic E-state index is -0.397. The SMILES string of the molecule is COC(=O)c1ccc(/C=C/C(=O)Nc2nc3ccc(OC)cc3s2)cc1. The summed E-state index contributed by atoms with van der Waals surface area (Å²) in [6.07, 6.45) is 3.08. The Bertz CT molecular complexity index is 977. The highest BCUT2D eigenvalue weighted by Crippen LogP contribution is 2.29. The quantitative estimate of drug-likeness (QED) is 0.548. The van der Waals surface area contributed by atoms with Gasteiger partial charge in [0.1, 0.15) is 5.75 Å². The lowest BCUT2D eigenvalue weighted by molar-refractivity contribution is -0.111. The van der Waals surface area contributed by atoms with Gasteiger partial charge in [-0.25, -0.2) is 9.78 Å². The van der Waals surface area contributed by atoms with E-state index < -0.39 is 5.97 Å². The van der Waals surface area contributed by atoms with Crippen molar-refractivity contribution in [2.75, 3.05) is 19.5 Å². The lowest BCUT2D eigenvalue weighted by Gasteiger charge is -1.99. The van der Waals surface area contributed by atoms with Crippen LogP contribution in [-0.4, -0.2) is 31.1 Å². The summed E-state index contributed by atoms with van der Waals surface area (Å²) in [6.45, 7) is 0. The topological polar surface area (TPSA) is 77.5 Å². The van der Waals surface area contributed by atoms with Crippen molar-refractivity contribution < 1.29 is 19.1 Å². The molecule has 3 rings (SSSR count). The third-order valence-corrected chi connectivity index (χ3v) is 4.52. The van der Waals surface area contributed by atoms with Crippen molar-refractivity contribution in [1.29, 1.82) is 0 Å². The van der Waals surface area contributed by atoms with E-state index in [2.05, 4.69) is 15.0 Å². The number of anilines is 1. The molecule has 1 N–H and O–H groups in total. The normalized spacial score (nSPS) is 10.8. The molecule has 132 valence electrons. The van der Waals surface area contributed by atoms with E-state index in [1.54, 1.807) is 37.5 Å². The number of amides is 1. The molecule has 0 aliphatic heterocycles. The van der Waals surface area contributed by atoms with Crippen molar-refractivity contribution in [3.05, 3.63) is 59.7 Å². The van der Waals surface area contributed by atoms with Crippen molar-refractivity contribution in [1.82, 2.24) is 4.98 Å². The number of benzene rings is 2. The standard InChI is InChI=1S/C19H16N2O4S/c1-24-14-8-9-15-16(11-14)26-19(20-15)21-17(22)10-5-12-3-6-13(7-4-12)18(23)25-2/h3-11H,1-2H3,(H,20,21,22)/b10-5+. The van der Waals surface area contributed by atoms with Crippen LogP contribution in [-0.2, 0) is 9.53 Å². The average molecular weight is 368 g/mol. The summed E-state index contributed by atoms with van der Waals surface area (Å²) >= 11 is 1.38. The fraction of sp³-hybridized carbons (Fsp3) is 0.105. The van der Waals surface area contributed by atoms with Crippen LogP contribution in [0.25, 0.3) is 16.3 Å². The van der Waals surface area contributed by atoms with Crippen LogP contribution < -0.4 is 10.1 Å². The molecule has 3 aromatic rings. The fourth-order valence-corrected chi connectivity index (χ4v) is 3.15. The van der Waals surface area contributed by atoms with Crippen molar-refractivity contribution in [2.45, 2.75) is 0 Å². The molecule has 0 radical (unpaired) electrons. The third-order valence-electron chi connectivity index (χ3n) is 3.58. The monoisotopic (exact) mass is 368 g/mol. The lowest BCUT2D eigenvalue weighted by atomic mass is 10.1. The van der Waals surface area contributed by atoms with Gasteiger partial charge in [-0.15, -0.1) is 0 Å². The summed E-state index contributed by atoms with van der Waals surface area (Å²) in [4.78, 5) is 27.8. The van der Waals surface area contributed by atoms with Crippen molar-refractivity contribution >= 4 is 44.6 Å². The van der Waals surface area contributed by atoms with E-state index in [9.17, 15) is 9.59 Å². The van der Waals surface area contributed by atoms with E-state index in [1.807, 2.05) is 18.2 Å². The number of hydrogen-bond donors (Lipinski definition) is 1. The summed E-state index contributed by atoms with van der Waals surface area (Å²) in [5, 5.41) is 3.26. The number of fused-ring (bicyclic) bond motifs is 1. The number of nitrogens with zero attached hydrogens (tertiary/aromatic N) is 1. The molecule has 0 unspecified atom stereocenters. The Morgan fingerprint density at radius 2 is 1.88 bits per heavy atom. The first-order valence-corrected chi connectivity index (χ1v) is 8.53. The van der Waals surface area contributed by atoms with E-state index in [1.165, 1.54) is 24.5 Å². The van der Waals surface area contributed by atoms with Crippen LogP contribution in [0.5, 0.6) is 5.75 Å². The number of methoxy groups -OCH3 is 2. The minimum Gasteiger partial charge on any atom is -0.497 e. The van der Waals surface area contributed by atoms with Crippen molar-refractivity contribution in [3.8, 4) is 5.75 Å². The second-order valence-corrected chi connectivity index (χ2v) is 6.32. The van der Waals surface area contributed by atoms with Crippen LogP contribution >= 0.6 is 11.3 Å². The molecule has 6 nitrogen and oxygen atoms in total. The average Bonchev–Trinajstić information content (AvgIpc) is 3.07. The van der Waals surface area contributed by atoms with Crippen LogP contribution in [0.2, 0.25) is 0 Å². The number of nitrogens with one attached hydrogen (secondary N) is 1. The molecule has 0 aliphatic carbocycles. The van der Waals surface area contributed by atoms with Gasteiger partial charge in [-0.3, -0.25) is 10.1 Å². The van der Waals surface area contributed by atoms with Gasteiger partial charge in [-0.1, -0.05) is 23.5 Å². The first kappa shape index (κ1) is 17.6. The summed E-state index contributed by atoms with van der Waals surface area (Å²) in [5.41, 5.74) is 2.05. The van der Waals surface area contributed by atoms with E-state index in [-0.39, 0.29) is 5.91 Å². The van der Waals surface area contributed by atoms with E-state index in [0.29, 0.717) is 10.7 Å². The number of esters is 1. The minimum absolute atomic E-state index is 0.284. The predicted octanol–water partition coefficient (Wildman–Crippen LogP) is 3.74. The zero-order chi connectivity index (χ0) is 18.5. The van der Waals surface area contributed by atoms with Crippen LogP contribution in [0.1, 0.15) is 15.9 Å². The van der Waals surface area contributed by atoms with Gasteiger partial charge in [0.05, 0.1) is 30.0 Å². The Hall–Kier alpha value is -3.19. The highest BCUT2D eigenvalue weighted by atomic mass is 32.1. The van der Waals surface area contributed by atoms with E-state index >= 15 is 0 Å². The van der Waals surface area contributed by atoms with Gasteiger partial charge in [0.25, 0.3) is 0 Å². The van der Waals surface area contributed by atoms with Crippen LogP contribution in [0.3, 0.4) is 0 Å². The maximum absolute atomic E-state index is 12.1. The predicted molar refractivity (Wildman–Crippen MR) is 102 cm³/mol. The third kappa shape index (κ3) is 4.07. The number of ether oxygens (including phenoxy) is 2. The van der Waals surface area contributed by atoms with Gasteiger partial charge >= 0.3 is 5.97 Å². The number of carbonyl (C=O) groups excluding carboxylic acids is 2. The molecule has 0 atom stereocenters. The van der Waals surface area contributed by atoms with Gasteiger partial charge in [0.15, 0.2) is 5.13 Å². The Morgan fingerprint density at radius 1 is 1.12 bits per heavy atom. The van der Waals surface area contributed by atoms with Crippen LogP contribution in [0.4, 0.5) is 5.13 Å². The highest BCUT2D eigenvalue weighted by molar-refractivity contribution is 7.22. The largest absolute Gasteiger partial charge is 0.497 e. The first-order chi connectivity index (χ1) is 12.6. The lowest BCUT2D eigenvalue weighted by Crippen LogP contribution is -2.07. The van der Waals surface area contributed by atoms with Gasteiger partial charge in [-0.2, -0.15) is 0 Å². The number of thiazole rings is 1. The Balaban J connectivity index is 1.66. The number of hydrogen-bond acceptors (Lipinski definition) is 6. The van der Waals surface area contributed by atoms with Gasteiger partial charge in [0.2, 0.25) is 5.91 Å². The molecule has 1 amide bonds. The molecule has 0 saturated carbocycles. The summed E-state index contributed by atoms with van der Waals surface area (Å²) < 4.78 is 10.8. The first-order valence-electron chi connectivity index (χ1n) is 7.71.